The van der Waals surface area contributed by atoms with Crippen LogP contribution in [0, 0.1) is 13.8 Å². The molecule has 0 atom stereocenters. The van der Waals surface area contributed by atoms with Crippen molar-refractivity contribution in [2.24, 2.45) is 5.73 Å². The first-order chi connectivity index (χ1) is 8.20. The summed E-state index contributed by atoms with van der Waals surface area (Å²) in [5.74, 6) is 0.778. The van der Waals surface area contributed by atoms with E-state index in [-0.39, 0.29) is 0 Å². The highest BCUT2D eigenvalue weighted by Crippen LogP contribution is 2.20. The van der Waals surface area contributed by atoms with E-state index in [4.69, 9.17) is 10.5 Å². The van der Waals surface area contributed by atoms with Gasteiger partial charge in [-0.15, -0.1) is 0 Å². The molecule has 0 spiro atoms. The van der Waals surface area contributed by atoms with E-state index in [1.165, 1.54) is 0 Å². The fourth-order valence-corrected chi connectivity index (χ4v) is 1.54. The number of ether oxygens (including phenoxy) is 1. The van der Waals surface area contributed by atoms with Gasteiger partial charge < -0.3 is 10.5 Å². The largest absolute Gasteiger partial charge is 0.487 e. The number of aromatic nitrogens is 2. The smallest absolute Gasteiger partial charge is 0.145 e. The Balaban J connectivity index is 2.11. The van der Waals surface area contributed by atoms with Gasteiger partial charge in [0.1, 0.15) is 23.7 Å². The summed E-state index contributed by atoms with van der Waals surface area (Å²) in [7, 11) is 0. The number of aryl methyl sites for hydroxylation is 2. The molecule has 2 aromatic rings. The second-order valence-corrected chi connectivity index (χ2v) is 3.90. The lowest BCUT2D eigenvalue weighted by atomic mass is 10.1. The fraction of sp³-hybridized carbons (Fsp3) is 0.333. The van der Waals surface area contributed by atoms with Gasteiger partial charge >= 0.3 is 0 Å². The minimum absolute atomic E-state index is 0.339. The Morgan fingerprint density at radius 2 is 2.12 bits per heavy atom. The number of benzene rings is 1. The molecule has 0 bridgehead atoms. The molecular formula is C12H15N3O2. The molecule has 0 unspecified atom stereocenters. The topological polar surface area (TPSA) is 74.2 Å². The van der Waals surface area contributed by atoms with Crippen LogP contribution in [-0.4, -0.2) is 10.3 Å². The van der Waals surface area contributed by atoms with Gasteiger partial charge in [0.15, 0.2) is 0 Å². The summed E-state index contributed by atoms with van der Waals surface area (Å²) >= 11 is 0. The van der Waals surface area contributed by atoms with Crippen molar-refractivity contribution in [2.75, 3.05) is 0 Å². The Morgan fingerprint density at radius 1 is 1.29 bits per heavy atom. The van der Waals surface area contributed by atoms with Crippen molar-refractivity contribution < 1.29 is 9.37 Å². The van der Waals surface area contributed by atoms with E-state index >= 15 is 0 Å². The lowest BCUT2D eigenvalue weighted by molar-refractivity contribution is 0.268. The predicted octanol–water partition coefficient (Wildman–Crippen LogP) is 1.72. The molecule has 0 fully saturated rings. The highest BCUT2D eigenvalue weighted by atomic mass is 16.6. The minimum atomic E-state index is 0.339. The Bertz CT molecular complexity index is 508. The van der Waals surface area contributed by atoms with Crippen molar-refractivity contribution in [3.8, 4) is 5.75 Å². The van der Waals surface area contributed by atoms with Gasteiger partial charge in [-0.3, -0.25) is 0 Å². The van der Waals surface area contributed by atoms with Crippen LogP contribution in [0.5, 0.6) is 5.75 Å². The highest BCUT2D eigenvalue weighted by Gasteiger charge is 2.08. The van der Waals surface area contributed by atoms with Crippen molar-refractivity contribution in [2.45, 2.75) is 27.0 Å². The zero-order chi connectivity index (χ0) is 12.3. The van der Waals surface area contributed by atoms with E-state index in [0.717, 1.165) is 22.6 Å². The number of nitrogens with two attached hydrogens (primary N) is 1. The molecule has 5 nitrogen and oxygen atoms in total. The summed E-state index contributed by atoms with van der Waals surface area (Å²) in [5.41, 5.74) is 9.27. The maximum atomic E-state index is 5.67. The van der Waals surface area contributed by atoms with Crippen LogP contribution in [0.4, 0.5) is 0 Å². The number of nitrogens with zero attached hydrogens (tertiary/aromatic N) is 2. The van der Waals surface area contributed by atoms with Crippen LogP contribution in [0.25, 0.3) is 0 Å². The Kier molecular flexibility index (Phi) is 3.39. The first-order valence-electron chi connectivity index (χ1n) is 5.41. The molecular weight excluding hydrogens is 218 g/mol. The molecule has 1 heterocycles. The summed E-state index contributed by atoms with van der Waals surface area (Å²) in [6.45, 7) is 4.64. The molecule has 5 heteroatoms. The molecule has 2 N–H and O–H groups in total. The van der Waals surface area contributed by atoms with Crippen LogP contribution in [0.15, 0.2) is 22.8 Å². The zero-order valence-corrected chi connectivity index (χ0v) is 9.93. The van der Waals surface area contributed by atoms with Crippen LogP contribution in [0.2, 0.25) is 0 Å². The van der Waals surface area contributed by atoms with E-state index in [1.54, 1.807) is 0 Å². The van der Waals surface area contributed by atoms with Crippen LogP contribution in [0.3, 0.4) is 0 Å². The zero-order valence-electron chi connectivity index (χ0n) is 9.93. The van der Waals surface area contributed by atoms with Crippen LogP contribution in [0.1, 0.15) is 22.5 Å². The molecule has 0 aliphatic rings. The summed E-state index contributed by atoms with van der Waals surface area (Å²) in [4.78, 5) is 0. The average Bonchev–Trinajstić information content (AvgIpc) is 2.73. The maximum Gasteiger partial charge on any atom is 0.145 e. The van der Waals surface area contributed by atoms with E-state index < -0.39 is 0 Å². The van der Waals surface area contributed by atoms with E-state index in [1.807, 2.05) is 32.0 Å². The van der Waals surface area contributed by atoms with E-state index in [9.17, 15) is 0 Å². The first kappa shape index (κ1) is 11.6. The molecule has 0 radical (unpaired) electrons. The molecule has 90 valence electrons. The van der Waals surface area contributed by atoms with Gasteiger partial charge in [0.25, 0.3) is 0 Å². The SMILES string of the molecule is Cc1ccc(OCc2nonc2C)c(CN)c1. The third-order valence-corrected chi connectivity index (χ3v) is 2.55. The summed E-state index contributed by atoms with van der Waals surface area (Å²) in [6.07, 6.45) is 0. The Labute approximate surface area is 99.5 Å². The van der Waals surface area contributed by atoms with Crippen molar-refractivity contribution in [3.63, 3.8) is 0 Å². The predicted molar refractivity (Wildman–Crippen MR) is 62.4 cm³/mol. The third kappa shape index (κ3) is 2.62. The fourth-order valence-electron chi connectivity index (χ4n) is 1.54. The molecule has 0 saturated heterocycles. The molecule has 17 heavy (non-hydrogen) atoms. The van der Waals surface area contributed by atoms with Crippen LogP contribution >= 0.6 is 0 Å². The van der Waals surface area contributed by atoms with Gasteiger partial charge in [0, 0.05) is 12.1 Å². The molecule has 0 saturated carbocycles. The molecule has 1 aromatic heterocycles. The Hall–Kier alpha value is -1.88. The van der Waals surface area contributed by atoms with Crippen molar-refractivity contribution in [1.82, 2.24) is 10.3 Å². The first-order valence-corrected chi connectivity index (χ1v) is 5.41. The lowest BCUT2D eigenvalue weighted by Gasteiger charge is -2.09. The Morgan fingerprint density at radius 3 is 2.76 bits per heavy atom. The summed E-state index contributed by atoms with van der Waals surface area (Å²) < 4.78 is 10.3. The van der Waals surface area contributed by atoms with Crippen LogP contribution < -0.4 is 10.5 Å². The molecule has 2 rings (SSSR count). The maximum absolute atomic E-state index is 5.67. The third-order valence-electron chi connectivity index (χ3n) is 2.55. The molecule has 0 aliphatic heterocycles. The molecule has 0 amide bonds. The number of hydrogen-bond donors (Lipinski definition) is 1. The van der Waals surface area contributed by atoms with Gasteiger partial charge in [-0.1, -0.05) is 28.0 Å². The monoisotopic (exact) mass is 233 g/mol. The number of hydrogen-bond acceptors (Lipinski definition) is 5. The van der Waals surface area contributed by atoms with Crippen molar-refractivity contribution in [1.29, 1.82) is 0 Å². The van der Waals surface area contributed by atoms with Gasteiger partial charge in [-0.05, 0) is 19.9 Å². The average molecular weight is 233 g/mol. The standard InChI is InChI=1S/C12H15N3O2/c1-8-3-4-12(10(5-8)6-13)16-7-11-9(2)14-17-15-11/h3-5H,6-7,13H2,1-2H3. The van der Waals surface area contributed by atoms with Crippen molar-refractivity contribution in [3.05, 3.63) is 40.7 Å². The summed E-state index contributed by atoms with van der Waals surface area (Å²) in [5, 5.41) is 7.46. The normalized spacial score (nSPS) is 10.5. The quantitative estimate of drug-likeness (QED) is 0.870. The second-order valence-electron chi connectivity index (χ2n) is 3.90. The van der Waals surface area contributed by atoms with Gasteiger partial charge in [0.2, 0.25) is 0 Å². The highest BCUT2D eigenvalue weighted by molar-refractivity contribution is 5.36. The lowest BCUT2D eigenvalue weighted by Crippen LogP contribution is -2.04. The summed E-state index contributed by atoms with van der Waals surface area (Å²) in [6, 6.07) is 5.92. The van der Waals surface area contributed by atoms with Crippen molar-refractivity contribution >= 4 is 0 Å². The van der Waals surface area contributed by atoms with Gasteiger partial charge in [0.05, 0.1) is 0 Å². The second kappa shape index (κ2) is 4.97. The minimum Gasteiger partial charge on any atom is -0.487 e. The van der Waals surface area contributed by atoms with E-state index in [2.05, 4.69) is 14.9 Å². The molecule has 0 aliphatic carbocycles. The van der Waals surface area contributed by atoms with Gasteiger partial charge in [-0.25, -0.2) is 4.63 Å². The van der Waals surface area contributed by atoms with Gasteiger partial charge in [-0.2, -0.15) is 0 Å². The number of rotatable bonds is 4. The van der Waals surface area contributed by atoms with Crippen LogP contribution in [-0.2, 0) is 13.2 Å². The molecule has 1 aromatic carbocycles. The van der Waals surface area contributed by atoms with E-state index in [0.29, 0.717) is 18.8 Å².